The van der Waals surface area contributed by atoms with Gasteiger partial charge in [0, 0.05) is 42.8 Å². The maximum Gasteiger partial charge on any atom is 0.231 e. The first-order valence-corrected chi connectivity index (χ1v) is 11.6. The zero-order chi connectivity index (χ0) is 23.6. The molecule has 0 radical (unpaired) electrons. The first-order valence-electron chi connectivity index (χ1n) is 11.6. The highest BCUT2D eigenvalue weighted by Gasteiger charge is 2.27. The van der Waals surface area contributed by atoms with Crippen LogP contribution in [-0.2, 0) is 4.79 Å². The van der Waals surface area contributed by atoms with Crippen molar-refractivity contribution in [1.82, 2.24) is 19.7 Å². The molecule has 1 atom stereocenters. The maximum absolute atomic E-state index is 13.0. The first kappa shape index (κ1) is 21.2. The number of ether oxygens (including phenoxy) is 2. The summed E-state index contributed by atoms with van der Waals surface area (Å²) in [7, 11) is 0. The molecule has 1 saturated heterocycles. The van der Waals surface area contributed by atoms with Crippen molar-refractivity contribution in [2.45, 2.75) is 12.8 Å². The van der Waals surface area contributed by atoms with Gasteiger partial charge in [-0.05, 0) is 37.1 Å². The monoisotopic (exact) mass is 468 g/mol. The Morgan fingerprint density at radius 2 is 1.80 bits per heavy atom. The fraction of sp³-hybridized carbons (Fsp3) is 0.231. The van der Waals surface area contributed by atoms with Gasteiger partial charge in [0.2, 0.25) is 12.7 Å². The van der Waals surface area contributed by atoms with Gasteiger partial charge in [0.25, 0.3) is 0 Å². The van der Waals surface area contributed by atoms with Crippen molar-refractivity contribution in [2.75, 3.05) is 30.1 Å². The van der Waals surface area contributed by atoms with Crippen molar-refractivity contribution < 1.29 is 14.3 Å². The molecular formula is C26H24N6O3. The summed E-state index contributed by atoms with van der Waals surface area (Å²) in [5.74, 6) is 3.45. The number of carbonyl (C=O) groups excluding carboxylic acids is 1. The van der Waals surface area contributed by atoms with E-state index in [0.29, 0.717) is 29.5 Å². The van der Waals surface area contributed by atoms with Gasteiger partial charge in [-0.3, -0.25) is 9.36 Å². The average Bonchev–Trinajstić information content (AvgIpc) is 3.59. The molecule has 1 fully saturated rings. The quantitative estimate of drug-likeness (QED) is 0.475. The molecule has 0 saturated carbocycles. The van der Waals surface area contributed by atoms with E-state index in [2.05, 4.69) is 25.4 Å². The van der Waals surface area contributed by atoms with Gasteiger partial charge in [-0.25, -0.2) is 4.98 Å². The minimum Gasteiger partial charge on any atom is -0.454 e. The highest BCUT2D eigenvalue weighted by molar-refractivity contribution is 5.93. The molecule has 4 aromatic rings. The Hall–Kier alpha value is -4.40. The largest absolute Gasteiger partial charge is 0.454 e. The molecule has 0 spiro atoms. The molecule has 2 aliphatic heterocycles. The van der Waals surface area contributed by atoms with Crippen molar-refractivity contribution >= 4 is 17.4 Å². The number of piperidine rings is 1. The Bertz CT molecular complexity index is 1340. The third kappa shape index (κ3) is 4.28. The molecule has 9 heteroatoms. The van der Waals surface area contributed by atoms with Gasteiger partial charge < -0.3 is 19.7 Å². The van der Waals surface area contributed by atoms with Crippen molar-refractivity contribution in [2.24, 2.45) is 5.92 Å². The lowest BCUT2D eigenvalue weighted by Crippen LogP contribution is -2.41. The smallest absolute Gasteiger partial charge is 0.231 e. The predicted molar refractivity (Wildman–Crippen MR) is 131 cm³/mol. The average molecular weight is 469 g/mol. The normalized spacial score (nSPS) is 16.8. The van der Waals surface area contributed by atoms with E-state index < -0.39 is 0 Å². The van der Waals surface area contributed by atoms with Gasteiger partial charge in [0.1, 0.15) is 5.82 Å². The van der Waals surface area contributed by atoms with E-state index in [9.17, 15) is 4.79 Å². The van der Waals surface area contributed by atoms with Crippen LogP contribution in [0.2, 0.25) is 0 Å². The summed E-state index contributed by atoms with van der Waals surface area (Å²) in [5.41, 5.74) is 1.71. The number of hydrogen-bond acceptors (Lipinski definition) is 7. The molecule has 1 N–H and O–H groups in total. The molecule has 0 bridgehead atoms. The molecule has 176 valence electrons. The Morgan fingerprint density at radius 1 is 0.971 bits per heavy atom. The number of amides is 1. The number of carbonyl (C=O) groups is 1. The molecule has 1 unspecified atom stereocenters. The molecule has 35 heavy (non-hydrogen) atoms. The van der Waals surface area contributed by atoms with E-state index in [0.717, 1.165) is 36.6 Å². The van der Waals surface area contributed by atoms with Gasteiger partial charge in [-0.15, -0.1) is 10.2 Å². The maximum atomic E-state index is 13.0. The van der Waals surface area contributed by atoms with Crippen molar-refractivity contribution in [3.05, 3.63) is 73.1 Å². The summed E-state index contributed by atoms with van der Waals surface area (Å²) >= 11 is 0. The Kier molecular flexibility index (Phi) is 5.50. The number of nitrogens with one attached hydrogen (secondary N) is 1. The van der Waals surface area contributed by atoms with E-state index in [1.807, 2.05) is 65.4 Å². The van der Waals surface area contributed by atoms with E-state index in [4.69, 9.17) is 9.47 Å². The molecule has 0 aliphatic carbocycles. The van der Waals surface area contributed by atoms with Crippen molar-refractivity contribution in [3.8, 4) is 28.7 Å². The highest BCUT2D eigenvalue weighted by Crippen LogP contribution is 2.34. The molecule has 9 nitrogen and oxygen atoms in total. The lowest BCUT2D eigenvalue weighted by atomic mass is 9.97. The van der Waals surface area contributed by atoms with Crippen LogP contribution in [0.5, 0.6) is 11.5 Å². The fourth-order valence-electron chi connectivity index (χ4n) is 4.52. The van der Waals surface area contributed by atoms with E-state index in [1.165, 1.54) is 0 Å². The van der Waals surface area contributed by atoms with Crippen molar-refractivity contribution in [3.63, 3.8) is 0 Å². The van der Waals surface area contributed by atoms with Gasteiger partial charge in [-0.1, -0.05) is 30.3 Å². The summed E-state index contributed by atoms with van der Waals surface area (Å²) in [6.07, 6.45) is 5.37. The fourth-order valence-corrected chi connectivity index (χ4v) is 4.52. The minimum absolute atomic E-state index is 0.0101. The molecule has 4 heterocycles. The van der Waals surface area contributed by atoms with Crippen LogP contribution in [0.1, 0.15) is 12.8 Å². The topological polar surface area (TPSA) is 94.4 Å². The van der Waals surface area contributed by atoms with Crippen LogP contribution in [0, 0.1) is 5.92 Å². The lowest BCUT2D eigenvalue weighted by molar-refractivity contribution is -0.120. The summed E-state index contributed by atoms with van der Waals surface area (Å²) in [6.45, 7) is 1.63. The van der Waals surface area contributed by atoms with E-state index in [-0.39, 0.29) is 18.6 Å². The van der Waals surface area contributed by atoms with Gasteiger partial charge in [0.15, 0.2) is 23.1 Å². The van der Waals surface area contributed by atoms with E-state index >= 15 is 0 Å². The Morgan fingerprint density at radius 3 is 2.66 bits per heavy atom. The second-order valence-corrected chi connectivity index (χ2v) is 8.58. The SMILES string of the molecule is O=C(Nc1ccc2c(c1)OCO2)C1CCCN(c2ccc(-n3ccnc3-c3ccccc3)nn2)C1. The molecule has 1 amide bonds. The Labute approximate surface area is 202 Å². The number of fused-ring (bicyclic) bond motifs is 1. The van der Waals surface area contributed by atoms with E-state index in [1.54, 1.807) is 12.3 Å². The number of hydrogen-bond donors (Lipinski definition) is 1. The second kappa shape index (κ2) is 9.09. The standard InChI is InChI=1S/C26H24N6O3/c33-26(28-20-8-9-21-22(15-20)35-17-34-21)19-7-4-13-31(16-19)23-10-11-24(30-29-23)32-14-12-27-25(32)18-5-2-1-3-6-18/h1-3,5-6,8-12,14-15,19H,4,7,13,16-17H2,(H,28,33). The number of imidazole rings is 1. The third-order valence-corrected chi connectivity index (χ3v) is 6.31. The molecule has 2 aromatic carbocycles. The van der Waals surface area contributed by atoms with Gasteiger partial charge in [-0.2, -0.15) is 0 Å². The highest BCUT2D eigenvalue weighted by atomic mass is 16.7. The summed E-state index contributed by atoms with van der Waals surface area (Å²) in [4.78, 5) is 19.6. The van der Waals surface area contributed by atoms with Crippen LogP contribution in [0.4, 0.5) is 11.5 Å². The number of aromatic nitrogens is 4. The van der Waals surface area contributed by atoms with Gasteiger partial charge >= 0.3 is 0 Å². The van der Waals surface area contributed by atoms with Crippen LogP contribution in [-0.4, -0.2) is 45.5 Å². The molecule has 2 aliphatic rings. The van der Waals surface area contributed by atoms with Crippen molar-refractivity contribution in [1.29, 1.82) is 0 Å². The zero-order valence-electron chi connectivity index (χ0n) is 19.0. The van der Waals surface area contributed by atoms with Crippen LogP contribution in [0.25, 0.3) is 17.2 Å². The number of anilines is 2. The van der Waals surface area contributed by atoms with Crippen LogP contribution in [0.15, 0.2) is 73.1 Å². The number of rotatable bonds is 5. The second-order valence-electron chi connectivity index (χ2n) is 8.58. The molecule has 2 aromatic heterocycles. The van der Waals surface area contributed by atoms with Crippen LogP contribution < -0.4 is 19.7 Å². The van der Waals surface area contributed by atoms with Crippen LogP contribution >= 0.6 is 0 Å². The summed E-state index contributed by atoms with van der Waals surface area (Å²) < 4.78 is 12.7. The third-order valence-electron chi connectivity index (χ3n) is 6.31. The summed E-state index contributed by atoms with van der Waals surface area (Å²) in [6, 6.07) is 19.3. The Balaban J connectivity index is 1.14. The van der Waals surface area contributed by atoms with Gasteiger partial charge in [0.05, 0.1) is 5.92 Å². The van der Waals surface area contributed by atoms with Crippen LogP contribution in [0.3, 0.4) is 0 Å². The molecular weight excluding hydrogens is 444 g/mol. The zero-order valence-corrected chi connectivity index (χ0v) is 19.0. The number of benzene rings is 2. The lowest BCUT2D eigenvalue weighted by Gasteiger charge is -2.32. The number of nitrogens with zero attached hydrogens (tertiary/aromatic N) is 5. The summed E-state index contributed by atoms with van der Waals surface area (Å²) in [5, 5.41) is 11.9. The predicted octanol–water partition coefficient (Wildman–Crippen LogP) is 3.91. The minimum atomic E-state index is -0.144. The first-order chi connectivity index (χ1) is 17.2. The molecule has 6 rings (SSSR count).